The molecule has 0 aliphatic rings. The van der Waals surface area contributed by atoms with Crippen molar-refractivity contribution in [2.24, 2.45) is 0 Å². The van der Waals surface area contributed by atoms with E-state index in [2.05, 4.69) is 23.6 Å². The normalized spacial score (nSPS) is 9.44. The molecule has 1 rings (SSSR count). The average molecular weight is 124 g/mol. The Hall–Kier alpha value is -0.990. The minimum Gasteiger partial charge on any atom is -0.310 e. The first-order valence-corrected chi connectivity index (χ1v) is 3.09. The Labute approximate surface area is 54.7 Å². The number of rotatable bonds is 3. The predicted octanol–water partition coefficient (Wildman–Crippen LogP) is 0.637. The summed E-state index contributed by atoms with van der Waals surface area (Å²) in [6, 6.07) is 1.77. The number of hydrogen-bond acceptors (Lipinski definition) is 2. The molecular weight excluding hydrogens is 114 g/mol. The third kappa shape index (κ3) is 1.76. The molecule has 3 nitrogen and oxygen atoms in total. The van der Waals surface area contributed by atoms with Crippen molar-refractivity contribution in [3.8, 4) is 0 Å². The van der Waals surface area contributed by atoms with Gasteiger partial charge in [-0.1, -0.05) is 6.92 Å². The van der Waals surface area contributed by atoms with Crippen molar-refractivity contribution in [3.63, 3.8) is 0 Å². The predicted molar refractivity (Wildman–Crippen MR) is 35.6 cm³/mol. The Morgan fingerprint density at radius 1 is 1.78 bits per heavy atom. The molecule has 0 amide bonds. The Morgan fingerprint density at radius 3 is 3.22 bits per heavy atom. The first-order valence-electron chi connectivity index (χ1n) is 3.09. The molecule has 1 aromatic rings. The second-order valence-corrected chi connectivity index (χ2v) is 1.80. The fourth-order valence-corrected chi connectivity index (χ4v) is 0.547. The van der Waals surface area contributed by atoms with Crippen LogP contribution in [-0.2, 0) is 0 Å². The van der Waals surface area contributed by atoms with E-state index >= 15 is 0 Å². The van der Waals surface area contributed by atoms with Gasteiger partial charge in [0.25, 0.3) is 0 Å². The second kappa shape index (κ2) is 3.12. The minimum atomic E-state index is 0.954. The fraction of sp³-hybridized carbons (Fsp3) is 0.500. The molecule has 0 atom stereocenters. The highest BCUT2D eigenvalue weighted by Crippen LogP contribution is 1.78. The molecular formula is C6H10N3. The van der Waals surface area contributed by atoms with Crippen LogP contribution in [0.4, 0.5) is 0 Å². The average Bonchev–Trinajstić information content (AvgIpc) is 2.34. The molecule has 9 heavy (non-hydrogen) atoms. The summed E-state index contributed by atoms with van der Waals surface area (Å²) in [6.45, 7) is 3.07. The molecule has 0 aromatic carbocycles. The maximum Gasteiger partial charge on any atom is 0.115 e. The first kappa shape index (κ1) is 6.13. The zero-order valence-corrected chi connectivity index (χ0v) is 5.46. The number of nitrogens with one attached hydrogen (secondary N) is 1. The Balaban J connectivity index is 2.30. The molecule has 1 aromatic heterocycles. The van der Waals surface area contributed by atoms with Crippen molar-refractivity contribution in [1.29, 1.82) is 0 Å². The molecule has 49 valence electrons. The molecule has 0 aliphatic heterocycles. The van der Waals surface area contributed by atoms with Gasteiger partial charge >= 0.3 is 0 Å². The summed E-state index contributed by atoms with van der Waals surface area (Å²) < 4.78 is 0. The lowest BCUT2D eigenvalue weighted by Crippen LogP contribution is -2.15. The van der Waals surface area contributed by atoms with Gasteiger partial charge in [-0.3, -0.25) is 0 Å². The molecule has 0 unspecified atom stereocenters. The maximum absolute atomic E-state index is 3.83. The van der Waals surface area contributed by atoms with E-state index in [1.165, 1.54) is 0 Å². The van der Waals surface area contributed by atoms with Gasteiger partial charge in [0.15, 0.2) is 0 Å². The lowest BCUT2D eigenvalue weighted by Gasteiger charge is -2.01. The van der Waals surface area contributed by atoms with Gasteiger partial charge in [0.1, 0.15) is 6.20 Å². The van der Waals surface area contributed by atoms with Gasteiger partial charge in [-0.2, -0.15) is 9.89 Å². The van der Waals surface area contributed by atoms with Gasteiger partial charge in [-0.25, -0.2) is 0 Å². The minimum absolute atomic E-state index is 0.954. The summed E-state index contributed by atoms with van der Waals surface area (Å²) in [5.41, 5.74) is 3.05. The van der Waals surface area contributed by atoms with Crippen LogP contribution in [0.25, 0.3) is 0 Å². The topological polar surface area (TPSA) is 29.9 Å². The second-order valence-electron chi connectivity index (χ2n) is 1.80. The molecule has 3 heteroatoms. The van der Waals surface area contributed by atoms with E-state index in [0.717, 1.165) is 13.0 Å². The van der Waals surface area contributed by atoms with E-state index < -0.39 is 0 Å². The fourth-order valence-electron chi connectivity index (χ4n) is 0.547. The highest BCUT2D eigenvalue weighted by molar-refractivity contribution is 4.78. The molecule has 1 heterocycles. The molecule has 0 fully saturated rings. The van der Waals surface area contributed by atoms with E-state index in [1.54, 1.807) is 10.9 Å². The van der Waals surface area contributed by atoms with E-state index in [1.807, 2.05) is 6.20 Å². The largest absolute Gasteiger partial charge is 0.310 e. The van der Waals surface area contributed by atoms with Crippen LogP contribution >= 0.6 is 0 Å². The molecule has 1 radical (unpaired) electrons. The van der Waals surface area contributed by atoms with Crippen LogP contribution in [0.5, 0.6) is 0 Å². The summed E-state index contributed by atoms with van der Waals surface area (Å²) >= 11 is 0. The number of nitrogens with zero attached hydrogens (tertiary/aromatic N) is 2. The number of hydrogen-bond donors (Lipinski definition) is 1. The molecule has 0 bridgehead atoms. The number of aromatic nitrogens is 2. The Kier molecular flexibility index (Phi) is 2.13. The highest BCUT2D eigenvalue weighted by atomic mass is 15.5. The van der Waals surface area contributed by atoms with Crippen molar-refractivity contribution in [2.45, 2.75) is 13.3 Å². The van der Waals surface area contributed by atoms with Gasteiger partial charge in [0.2, 0.25) is 0 Å². The lowest BCUT2D eigenvalue weighted by atomic mass is 10.5. The van der Waals surface area contributed by atoms with E-state index in [4.69, 9.17) is 0 Å². The SMILES string of the molecule is CCCNn1cc[c]n1. The molecule has 1 N–H and O–H groups in total. The van der Waals surface area contributed by atoms with Gasteiger partial charge < -0.3 is 5.43 Å². The van der Waals surface area contributed by atoms with Crippen LogP contribution in [0.15, 0.2) is 12.3 Å². The maximum atomic E-state index is 3.83. The van der Waals surface area contributed by atoms with Crippen LogP contribution in [0.1, 0.15) is 13.3 Å². The smallest absolute Gasteiger partial charge is 0.115 e. The first-order chi connectivity index (χ1) is 4.43. The third-order valence-electron chi connectivity index (χ3n) is 0.980. The Bertz CT molecular complexity index is 145. The van der Waals surface area contributed by atoms with Crippen LogP contribution < -0.4 is 5.43 Å². The monoisotopic (exact) mass is 124 g/mol. The van der Waals surface area contributed by atoms with Crippen LogP contribution in [0, 0.1) is 6.20 Å². The summed E-state index contributed by atoms with van der Waals surface area (Å²) in [6.07, 6.45) is 5.63. The van der Waals surface area contributed by atoms with Crippen molar-refractivity contribution in [2.75, 3.05) is 12.0 Å². The summed E-state index contributed by atoms with van der Waals surface area (Å²) in [5, 5.41) is 3.83. The molecule has 0 saturated carbocycles. The van der Waals surface area contributed by atoms with Gasteiger partial charge in [0, 0.05) is 12.7 Å². The van der Waals surface area contributed by atoms with E-state index in [9.17, 15) is 0 Å². The van der Waals surface area contributed by atoms with Crippen molar-refractivity contribution < 1.29 is 0 Å². The summed E-state index contributed by atoms with van der Waals surface area (Å²) in [4.78, 5) is 1.66. The van der Waals surface area contributed by atoms with Crippen LogP contribution in [0.2, 0.25) is 0 Å². The van der Waals surface area contributed by atoms with E-state index in [0.29, 0.717) is 0 Å². The van der Waals surface area contributed by atoms with Crippen molar-refractivity contribution >= 4 is 0 Å². The Morgan fingerprint density at radius 2 is 2.67 bits per heavy atom. The van der Waals surface area contributed by atoms with Crippen molar-refractivity contribution in [3.05, 3.63) is 18.5 Å². The van der Waals surface area contributed by atoms with Crippen molar-refractivity contribution in [1.82, 2.24) is 9.89 Å². The zero-order valence-electron chi connectivity index (χ0n) is 5.46. The molecule has 0 spiro atoms. The molecule has 0 aliphatic carbocycles. The lowest BCUT2D eigenvalue weighted by molar-refractivity contribution is 0.718. The van der Waals surface area contributed by atoms with Gasteiger partial charge in [-0.05, 0) is 12.5 Å². The van der Waals surface area contributed by atoms with Crippen LogP contribution in [-0.4, -0.2) is 16.4 Å². The van der Waals surface area contributed by atoms with Gasteiger partial charge in [-0.15, -0.1) is 0 Å². The standard InChI is InChI=1S/C6H10N3/c1-2-4-7-9-6-3-5-8-9/h3,6-7H,2,4H2,1H3. The molecule has 0 saturated heterocycles. The highest BCUT2D eigenvalue weighted by Gasteiger charge is 1.83. The zero-order chi connectivity index (χ0) is 6.53. The van der Waals surface area contributed by atoms with Crippen LogP contribution in [0.3, 0.4) is 0 Å². The summed E-state index contributed by atoms with van der Waals surface area (Å²) in [7, 11) is 0. The van der Waals surface area contributed by atoms with Gasteiger partial charge in [0.05, 0.1) is 0 Å². The third-order valence-corrected chi connectivity index (χ3v) is 0.980. The van der Waals surface area contributed by atoms with E-state index in [-0.39, 0.29) is 0 Å². The quantitative estimate of drug-likeness (QED) is 0.640. The summed E-state index contributed by atoms with van der Waals surface area (Å²) in [5.74, 6) is 0.